The molecule has 2 rings (SSSR count). The molecule has 0 bridgehead atoms. The summed E-state index contributed by atoms with van der Waals surface area (Å²) in [7, 11) is 0. The monoisotopic (exact) mass is 269 g/mol. The largest absolute Gasteiger partial charge is 0.325 e. The number of carbonyl (C=O) groups excluding carboxylic acids is 1. The molecule has 2 aromatic rings. The molecule has 104 valence electrons. The number of amides is 1. The molecule has 0 atom stereocenters. The zero-order valence-electron chi connectivity index (χ0n) is 11.8. The van der Waals surface area contributed by atoms with Gasteiger partial charge in [0.25, 0.3) is 0 Å². The second kappa shape index (κ2) is 6.82. The maximum atomic E-state index is 11.8. The van der Waals surface area contributed by atoms with E-state index < -0.39 is 0 Å². The van der Waals surface area contributed by atoms with Crippen LogP contribution in [0.2, 0.25) is 0 Å². The Morgan fingerprint density at radius 1 is 1.25 bits per heavy atom. The first kappa shape index (κ1) is 14.2. The van der Waals surface area contributed by atoms with Gasteiger partial charge in [-0.05, 0) is 48.7 Å². The minimum absolute atomic E-state index is 0.0443. The zero-order valence-corrected chi connectivity index (χ0v) is 11.8. The summed E-state index contributed by atoms with van der Waals surface area (Å²) in [6, 6.07) is 9.72. The Balaban J connectivity index is 1.80. The third-order valence-electron chi connectivity index (χ3n) is 3.05. The van der Waals surface area contributed by atoms with Gasteiger partial charge in [0, 0.05) is 24.6 Å². The van der Waals surface area contributed by atoms with Crippen LogP contribution in [0, 0.1) is 13.8 Å². The van der Waals surface area contributed by atoms with Crippen molar-refractivity contribution < 1.29 is 4.79 Å². The zero-order chi connectivity index (χ0) is 14.4. The lowest BCUT2D eigenvalue weighted by molar-refractivity contribution is -0.115. The Bertz CT molecular complexity index is 596. The number of carbonyl (C=O) groups is 1. The Labute approximate surface area is 119 Å². The van der Waals surface area contributed by atoms with Crippen LogP contribution in [0.3, 0.4) is 0 Å². The van der Waals surface area contributed by atoms with Crippen LogP contribution in [0.1, 0.15) is 16.7 Å². The summed E-state index contributed by atoms with van der Waals surface area (Å²) >= 11 is 0. The number of aromatic nitrogens is 1. The highest BCUT2D eigenvalue weighted by atomic mass is 16.1. The first-order valence-electron chi connectivity index (χ1n) is 6.62. The number of aryl methyl sites for hydroxylation is 2. The van der Waals surface area contributed by atoms with Crippen molar-refractivity contribution in [3.8, 4) is 0 Å². The van der Waals surface area contributed by atoms with E-state index in [4.69, 9.17) is 0 Å². The predicted molar refractivity (Wildman–Crippen MR) is 80.5 cm³/mol. The van der Waals surface area contributed by atoms with Crippen LogP contribution in [0.5, 0.6) is 0 Å². The van der Waals surface area contributed by atoms with Gasteiger partial charge in [0.05, 0.1) is 6.54 Å². The number of rotatable bonds is 5. The number of nitrogens with zero attached hydrogens (tertiary/aromatic N) is 1. The van der Waals surface area contributed by atoms with Gasteiger partial charge in [-0.2, -0.15) is 0 Å². The highest BCUT2D eigenvalue weighted by Crippen LogP contribution is 2.09. The lowest BCUT2D eigenvalue weighted by Crippen LogP contribution is -2.28. The molecule has 0 spiro atoms. The Morgan fingerprint density at radius 3 is 2.85 bits per heavy atom. The number of pyridine rings is 1. The summed E-state index contributed by atoms with van der Waals surface area (Å²) in [4.78, 5) is 15.9. The minimum atomic E-state index is -0.0443. The minimum Gasteiger partial charge on any atom is -0.325 e. The lowest BCUT2D eigenvalue weighted by Gasteiger charge is -2.08. The second-order valence-corrected chi connectivity index (χ2v) is 4.82. The van der Waals surface area contributed by atoms with Gasteiger partial charge >= 0.3 is 0 Å². The first-order chi connectivity index (χ1) is 9.65. The molecule has 0 aliphatic heterocycles. The fraction of sp³-hybridized carbons (Fsp3) is 0.250. The summed E-state index contributed by atoms with van der Waals surface area (Å²) in [6.07, 6.45) is 3.59. The van der Waals surface area contributed by atoms with E-state index in [1.165, 1.54) is 5.56 Å². The maximum absolute atomic E-state index is 11.8. The van der Waals surface area contributed by atoms with Crippen LogP contribution in [-0.2, 0) is 11.3 Å². The van der Waals surface area contributed by atoms with Gasteiger partial charge in [-0.3, -0.25) is 9.78 Å². The quantitative estimate of drug-likeness (QED) is 0.876. The van der Waals surface area contributed by atoms with E-state index in [9.17, 15) is 4.79 Å². The fourth-order valence-electron chi connectivity index (χ4n) is 1.92. The van der Waals surface area contributed by atoms with Crippen molar-refractivity contribution in [3.63, 3.8) is 0 Å². The molecular formula is C16H19N3O. The van der Waals surface area contributed by atoms with E-state index in [-0.39, 0.29) is 12.5 Å². The molecule has 0 saturated heterocycles. The molecule has 0 fully saturated rings. The van der Waals surface area contributed by atoms with Crippen LogP contribution in [0.15, 0.2) is 42.7 Å². The number of benzene rings is 1. The molecule has 1 aromatic carbocycles. The summed E-state index contributed by atoms with van der Waals surface area (Å²) in [5.74, 6) is -0.0443. The van der Waals surface area contributed by atoms with Crippen molar-refractivity contribution in [2.75, 3.05) is 11.9 Å². The number of hydrogen-bond donors (Lipinski definition) is 2. The predicted octanol–water partition coefficient (Wildman–Crippen LogP) is 2.43. The second-order valence-electron chi connectivity index (χ2n) is 4.82. The van der Waals surface area contributed by atoms with Crippen molar-refractivity contribution in [2.45, 2.75) is 20.4 Å². The van der Waals surface area contributed by atoms with Crippen LogP contribution < -0.4 is 10.6 Å². The van der Waals surface area contributed by atoms with Gasteiger partial charge in [0.2, 0.25) is 5.91 Å². The third-order valence-corrected chi connectivity index (χ3v) is 3.05. The maximum Gasteiger partial charge on any atom is 0.238 e. The number of nitrogens with one attached hydrogen (secondary N) is 2. The SMILES string of the molecule is Cc1cccc(NC(=O)CNCc2cnccc2C)c1. The molecule has 1 amide bonds. The Kier molecular flexibility index (Phi) is 4.85. The molecule has 0 aliphatic carbocycles. The van der Waals surface area contributed by atoms with E-state index in [1.54, 1.807) is 6.20 Å². The van der Waals surface area contributed by atoms with Gasteiger partial charge in [-0.1, -0.05) is 12.1 Å². The molecule has 0 aliphatic rings. The normalized spacial score (nSPS) is 10.3. The number of anilines is 1. The average Bonchev–Trinajstić information content (AvgIpc) is 2.41. The van der Waals surface area contributed by atoms with E-state index in [1.807, 2.05) is 50.4 Å². The van der Waals surface area contributed by atoms with Crippen molar-refractivity contribution >= 4 is 11.6 Å². The molecule has 0 radical (unpaired) electrons. The lowest BCUT2D eigenvalue weighted by atomic mass is 10.1. The molecule has 20 heavy (non-hydrogen) atoms. The van der Waals surface area contributed by atoms with Gasteiger partial charge in [0.1, 0.15) is 0 Å². The summed E-state index contributed by atoms with van der Waals surface area (Å²) < 4.78 is 0. The van der Waals surface area contributed by atoms with Crippen molar-refractivity contribution in [2.24, 2.45) is 0 Å². The molecular weight excluding hydrogens is 250 g/mol. The fourth-order valence-corrected chi connectivity index (χ4v) is 1.92. The smallest absolute Gasteiger partial charge is 0.238 e. The van der Waals surface area contributed by atoms with Crippen LogP contribution in [0.4, 0.5) is 5.69 Å². The standard InChI is InChI=1S/C16H19N3O/c1-12-4-3-5-15(8-12)19-16(20)11-18-10-14-9-17-7-6-13(14)2/h3-9,18H,10-11H2,1-2H3,(H,19,20). The molecule has 4 heteroatoms. The topological polar surface area (TPSA) is 54.0 Å². The highest BCUT2D eigenvalue weighted by molar-refractivity contribution is 5.92. The molecule has 2 N–H and O–H groups in total. The van der Waals surface area contributed by atoms with E-state index >= 15 is 0 Å². The molecule has 0 saturated carbocycles. The Hall–Kier alpha value is -2.20. The molecule has 0 unspecified atom stereocenters. The summed E-state index contributed by atoms with van der Waals surface area (Å²) in [6.45, 7) is 4.95. The van der Waals surface area contributed by atoms with Gasteiger partial charge in [-0.15, -0.1) is 0 Å². The molecule has 4 nitrogen and oxygen atoms in total. The van der Waals surface area contributed by atoms with E-state index in [0.29, 0.717) is 6.54 Å². The number of hydrogen-bond acceptors (Lipinski definition) is 3. The summed E-state index contributed by atoms with van der Waals surface area (Å²) in [5.41, 5.74) is 4.23. The van der Waals surface area contributed by atoms with Crippen LogP contribution in [-0.4, -0.2) is 17.4 Å². The van der Waals surface area contributed by atoms with E-state index in [2.05, 4.69) is 15.6 Å². The van der Waals surface area contributed by atoms with E-state index in [0.717, 1.165) is 16.8 Å². The van der Waals surface area contributed by atoms with Crippen LogP contribution >= 0.6 is 0 Å². The average molecular weight is 269 g/mol. The van der Waals surface area contributed by atoms with Crippen molar-refractivity contribution in [1.29, 1.82) is 0 Å². The van der Waals surface area contributed by atoms with Gasteiger partial charge < -0.3 is 10.6 Å². The van der Waals surface area contributed by atoms with Crippen LogP contribution in [0.25, 0.3) is 0 Å². The van der Waals surface area contributed by atoms with Crippen molar-refractivity contribution in [3.05, 3.63) is 59.4 Å². The third kappa shape index (κ3) is 4.17. The molecule has 1 aromatic heterocycles. The van der Waals surface area contributed by atoms with Gasteiger partial charge in [-0.25, -0.2) is 0 Å². The van der Waals surface area contributed by atoms with Crippen molar-refractivity contribution in [1.82, 2.24) is 10.3 Å². The summed E-state index contributed by atoms with van der Waals surface area (Å²) in [5, 5.41) is 5.99. The highest BCUT2D eigenvalue weighted by Gasteiger charge is 2.03. The first-order valence-corrected chi connectivity index (χ1v) is 6.62. The van der Waals surface area contributed by atoms with Gasteiger partial charge in [0.15, 0.2) is 0 Å². The molecule has 1 heterocycles. The Morgan fingerprint density at radius 2 is 2.10 bits per heavy atom.